The molecule has 0 amide bonds. The predicted octanol–water partition coefficient (Wildman–Crippen LogP) is 7.33. The van der Waals surface area contributed by atoms with Gasteiger partial charge in [0.15, 0.2) is 0 Å². The molecule has 0 spiro atoms. The van der Waals surface area contributed by atoms with Gasteiger partial charge >= 0.3 is 0 Å². The van der Waals surface area contributed by atoms with E-state index in [2.05, 4.69) is 27.7 Å². The zero-order valence-corrected chi connectivity index (χ0v) is 16.2. The molecule has 0 heterocycles. The number of hydrogen-bond acceptors (Lipinski definition) is 0. The summed E-state index contributed by atoms with van der Waals surface area (Å²) in [6.07, 6.45) is 16.8. The Kier molecular flexibility index (Phi) is 4.13. The molecule has 0 aliphatic heterocycles. The largest absolute Gasteiger partial charge is 0.0651 e. The number of hydrogen-bond donors (Lipinski definition) is 0. The maximum atomic E-state index is 2.74. The lowest BCUT2D eigenvalue weighted by Gasteiger charge is -2.63. The van der Waals surface area contributed by atoms with Gasteiger partial charge < -0.3 is 0 Å². The fraction of sp³-hybridized carbons (Fsp3) is 1.00. The molecule has 0 heteroatoms. The molecule has 0 nitrogen and oxygen atoms in total. The summed E-state index contributed by atoms with van der Waals surface area (Å²) in [6, 6.07) is 0. The van der Waals surface area contributed by atoms with Crippen LogP contribution in [0.4, 0.5) is 0 Å². The van der Waals surface area contributed by atoms with E-state index in [0.29, 0.717) is 10.8 Å². The van der Waals surface area contributed by atoms with Crippen LogP contribution in [0.25, 0.3) is 0 Å². The van der Waals surface area contributed by atoms with Gasteiger partial charge in [0.2, 0.25) is 0 Å². The Bertz CT molecular complexity index is 445. The zero-order valence-electron chi connectivity index (χ0n) is 16.2. The molecule has 4 fully saturated rings. The first-order valence-corrected chi connectivity index (χ1v) is 11.0. The molecule has 0 aromatic rings. The molecule has 23 heavy (non-hydrogen) atoms. The van der Waals surface area contributed by atoms with Gasteiger partial charge in [0.05, 0.1) is 0 Å². The monoisotopic (exact) mass is 318 g/mol. The Labute approximate surface area is 146 Å². The summed E-state index contributed by atoms with van der Waals surface area (Å²) < 4.78 is 0. The molecule has 134 valence electrons. The molecule has 0 bridgehead atoms. The highest BCUT2D eigenvalue weighted by Crippen LogP contribution is 2.69. The van der Waals surface area contributed by atoms with Crippen LogP contribution in [0, 0.1) is 46.3 Å². The van der Waals surface area contributed by atoms with Crippen LogP contribution in [0.5, 0.6) is 0 Å². The molecule has 0 N–H and O–H groups in total. The molecular weight excluding hydrogens is 276 g/mol. The van der Waals surface area contributed by atoms with E-state index in [4.69, 9.17) is 0 Å². The van der Waals surface area contributed by atoms with Gasteiger partial charge in [-0.15, -0.1) is 0 Å². The van der Waals surface area contributed by atoms with Crippen LogP contribution in [0.15, 0.2) is 0 Å². The maximum absolute atomic E-state index is 2.74. The van der Waals surface area contributed by atoms with E-state index >= 15 is 0 Å². The minimum atomic E-state index is 0. The molecule has 4 rings (SSSR count). The Morgan fingerprint density at radius 2 is 1.70 bits per heavy atom. The molecule has 0 saturated heterocycles. The minimum Gasteiger partial charge on any atom is -0.0651 e. The fourth-order valence-corrected chi connectivity index (χ4v) is 8.87. The van der Waals surface area contributed by atoms with E-state index in [-0.39, 0.29) is 1.43 Å². The van der Waals surface area contributed by atoms with Crippen molar-refractivity contribution in [1.82, 2.24) is 0 Å². The van der Waals surface area contributed by atoms with Gasteiger partial charge in [0.1, 0.15) is 0 Å². The second kappa shape index (κ2) is 5.77. The van der Waals surface area contributed by atoms with Crippen LogP contribution < -0.4 is 0 Å². The van der Waals surface area contributed by atoms with Crippen molar-refractivity contribution in [2.75, 3.05) is 0 Å². The van der Waals surface area contributed by atoms with Crippen LogP contribution in [0.1, 0.15) is 99.8 Å². The van der Waals surface area contributed by atoms with Crippen LogP contribution >= 0.6 is 0 Å². The van der Waals surface area contributed by atoms with Crippen molar-refractivity contribution in [2.24, 2.45) is 46.3 Å². The molecule has 0 aromatic carbocycles. The summed E-state index contributed by atoms with van der Waals surface area (Å²) in [7, 11) is 0. The van der Waals surface area contributed by atoms with Crippen LogP contribution in [0.3, 0.4) is 0 Å². The molecular formula is C23H42. The van der Waals surface area contributed by atoms with E-state index in [1.54, 1.807) is 38.5 Å². The SMILES string of the molecule is CCC1CC2(C)C(CC)CCC2C2CCC3CCCCC3(C)C12.[HH]. The summed E-state index contributed by atoms with van der Waals surface area (Å²) in [5, 5.41) is 0. The van der Waals surface area contributed by atoms with Gasteiger partial charge in [-0.2, -0.15) is 0 Å². The predicted molar refractivity (Wildman–Crippen MR) is 101 cm³/mol. The topological polar surface area (TPSA) is 0 Å². The Balaban J connectivity index is 0.00000169. The summed E-state index contributed by atoms with van der Waals surface area (Å²) in [5.41, 5.74) is 1.39. The van der Waals surface area contributed by atoms with Crippen molar-refractivity contribution in [1.29, 1.82) is 0 Å². The summed E-state index contributed by atoms with van der Waals surface area (Å²) in [4.78, 5) is 0. The fourth-order valence-electron chi connectivity index (χ4n) is 8.87. The lowest BCUT2D eigenvalue weighted by Crippen LogP contribution is -2.56. The zero-order chi connectivity index (χ0) is 16.2. The lowest BCUT2D eigenvalue weighted by molar-refractivity contribution is -0.143. The average Bonchev–Trinajstić information content (AvgIpc) is 2.89. The first kappa shape index (κ1) is 16.5. The van der Waals surface area contributed by atoms with E-state index in [9.17, 15) is 0 Å². The quantitative estimate of drug-likeness (QED) is 0.500. The van der Waals surface area contributed by atoms with Crippen LogP contribution in [-0.4, -0.2) is 0 Å². The van der Waals surface area contributed by atoms with Gasteiger partial charge in [-0.05, 0) is 91.3 Å². The van der Waals surface area contributed by atoms with Gasteiger partial charge in [-0.3, -0.25) is 0 Å². The minimum absolute atomic E-state index is 0. The number of fused-ring (bicyclic) bond motifs is 5. The number of rotatable bonds is 2. The van der Waals surface area contributed by atoms with Gasteiger partial charge in [-0.25, -0.2) is 0 Å². The summed E-state index contributed by atoms with van der Waals surface area (Å²) >= 11 is 0. The van der Waals surface area contributed by atoms with Crippen LogP contribution in [-0.2, 0) is 0 Å². The first-order chi connectivity index (χ1) is 11.0. The Hall–Kier alpha value is 0. The maximum Gasteiger partial charge on any atom is 0 e. The average molecular weight is 319 g/mol. The van der Waals surface area contributed by atoms with E-state index in [0.717, 1.165) is 35.5 Å². The van der Waals surface area contributed by atoms with Gasteiger partial charge in [0.25, 0.3) is 0 Å². The first-order valence-electron chi connectivity index (χ1n) is 11.0. The third kappa shape index (κ3) is 2.22. The van der Waals surface area contributed by atoms with Gasteiger partial charge in [-0.1, -0.05) is 53.4 Å². The van der Waals surface area contributed by atoms with Crippen molar-refractivity contribution < 1.29 is 1.43 Å². The third-order valence-corrected chi connectivity index (χ3v) is 9.87. The van der Waals surface area contributed by atoms with Crippen molar-refractivity contribution in [3.63, 3.8) is 0 Å². The molecule has 8 unspecified atom stereocenters. The highest BCUT2D eigenvalue weighted by molar-refractivity contribution is 5.10. The highest BCUT2D eigenvalue weighted by Gasteiger charge is 2.61. The Morgan fingerprint density at radius 3 is 2.43 bits per heavy atom. The highest BCUT2D eigenvalue weighted by atomic mass is 14.7. The second-order valence-electron chi connectivity index (χ2n) is 10.4. The molecule has 4 aliphatic rings. The lowest BCUT2D eigenvalue weighted by atomic mass is 9.42. The molecule has 4 saturated carbocycles. The smallest absolute Gasteiger partial charge is 0 e. The van der Waals surface area contributed by atoms with E-state index in [1.165, 1.54) is 32.1 Å². The molecule has 0 radical (unpaired) electrons. The van der Waals surface area contributed by atoms with Gasteiger partial charge in [0, 0.05) is 1.43 Å². The van der Waals surface area contributed by atoms with E-state index in [1.807, 2.05) is 0 Å². The Morgan fingerprint density at radius 1 is 0.870 bits per heavy atom. The second-order valence-corrected chi connectivity index (χ2v) is 10.4. The summed E-state index contributed by atoms with van der Waals surface area (Å²) in [6.45, 7) is 10.4. The third-order valence-electron chi connectivity index (χ3n) is 9.87. The molecule has 8 atom stereocenters. The molecule has 4 aliphatic carbocycles. The van der Waals surface area contributed by atoms with Crippen LogP contribution in [0.2, 0.25) is 0 Å². The standard InChI is InChI=1S/C23H40.H2/c1-5-16-15-23(4)17(6-2)11-13-20(23)19-12-10-18-9-7-8-14-22(18,3)21(16)19;/h16-21H,5-15H2,1-4H3;1H. The normalized spacial score (nSPS) is 55.8. The summed E-state index contributed by atoms with van der Waals surface area (Å²) in [5.74, 6) is 6.34. The molecule has 0 aromatic heterocycles. The van der Waals surface area contributed by atoms with Crippen molar-refractivity contribution in [2.45, 2.75) is 98.3 Å². The van der Waals surface area contributed by atoms with Crippen molar-refractivity contribution in [3.05, 3.63) is 0 Å². The van der Waals surface area contributed by atoms with Crippen molar-refractivity contribution in [3.8, 4) is 0 Å². The van der Waals surface area contributed by atoms with Crippen molar-refractivity contribution >= 4 is 0 Å². The van der Waals surface area contributed by atoms with E-state index < -0.39 is 0 Å².